The van der Waals surface area contributed by atoms with E-state index in [0.29, 0.717) is 15.9 Å². The third kappa shape index (κ3) is 3.05. The molecule has 0 bridgehead atoms. The standard InChI is InChI=1S/C20H15N3O5S/c1-2-13(24)15-16(12-5-3-4-8-21-12)23(18(26)17(15)25)20-22-11-7-6-10(19(27)28)9-14(11)29-20/h3-9,16,25H,2H2,1H3,(H,27,28). The smallest absolute Gasteiger partial charge is 0.335 e. The Hall–Kier alpha value is -3.59. The van der Waals surface area contributed by atoms with Crippen molar-refractivity contribution >= 4 is 44.3 Å². The van der Waals surface area contributed by atoms with Crippen LogP contribution in [0.2, 0.25) is 0 Å². The number of hydrogen-bond acceptors (Lipinski definition) is 7. The number of ketones is 1. The van der Waals surface area contributed by atoms with Crippen molar-refractivity contribution in [2.24, 2.45) is 0 Å². The van der Waals surface area contributed by atoms with E-state index >= 15 is 0 Å². The number of hydrogen-bond donors (Lipinski definition) is 2. The van der Waals surface area contributed by atoms with Crippen molar-refractivity contribution in [1.82, 2.24) is 9.97 Å². The maximum absolute atomic E-state index is 12.9. The number of carbonyl (C=O) groups is 3. The quantitative estimate of drug-likeness (QED) is 0.663. The van der Waals surface area contributed by atoms with Gasteiger partial charge in [-0.1, -0.05) is 24.3 Å². The monoisotopic (exact) mass is 409 g/mol. The fraction of sp³-hybridized carbons (Fsp3) is 0.150. The van der Waals surface area contributed by atoms with Gasteiger partial charge in [-0.25, -0.2) is 9.78 Å². The van der Waals surface area contributed by atoms with Gasteiger partial charge in [0.05, 0.1) is 27.0 Å². The Morgan fingerprint density at radius 2 is 2.03 bits per heavy atom. The summed E-state index contributed by atoms with van der Waals surface area (Å²) in [5.74, 6) is -2.78. The number of carboxylic acids is 1. The molecule has 0 saturated heterocycles. The molecule has 0 aliphatic carbocycles. The summed E-state index contributed by atoms with van der Waals surface area (Å²) >= 11 is 1.11. The normalized spacial score (nSPS) is 16.7. The molecule has 1 aliphatic heterocycles. The van der Waals surface area contributed by atoms with Gasteiger partial charge >= 0.3 is 5.97 Å². The van der Waals surface area contributed by atoms with Crippen LogP contribution in [0.4, 0.5) is 5.13 Å². The number of aromatic nitrogens is 2. The molecule has 3 heterocycles. The zero-order valence-corrected chi connectivity index (χ0v) is 16.0. The lowest BCUT2D eigenvalue weighted by atomic mass is 9.99. The molecule has 1 unspecified atom stereocenters. The summed E-state index contributed by atoms with van der Waals surface area (Å²) in [6.45, 7) is 1.65. The Bertz CT molecular complexity index is 1190. The van der Waals surface area contributed by atoms with Crippen molar-refractivity contribution in [2.45, 2.75) is 19.4 Å². The van der Waals surface area contributed by atoms with E-state index in [1.54, 1.807) is 37.4 Å². The Kier molecular flexibility index (Phi) is 4.59. The number of thiazole rings is 1. The molecule has 0 saturated carbocycles. The maximum Gasteiger partial charge on any atom is 0.335 e. The Morgan fingerprint density at radius 3 is 2.69 bits per heavy atom. The maximum atomic E-state index is 12.9. The van der Waals surface area contributed by atoms with E-state index in [1.165, 1.54) is 17.0 Å². The lowest BCUT2D eigenvalue weighted by Crippen LogP contribution is -2.31. The fourth-order valence-corrected chi connectivity index (χ4v) is 4.28. The third-order valence-corrected chi connectivity index (χ3v) is 5.65. The van der Waals surface area contributed by atoms with Crippen LogP contribution in [-0.4, -0.2) is 37.8 Å². The van der Waals surface area contributed by atoms with Gasteiger partial charge in [-0.05, 0) is 30.3 Å². The number of benzene rings is 1. The number of aliphatic hydroxyl groups excluding tert-OH is 1. The van der Waals surface area contributed by atoms with Gasteiger partial charge in [-0.3, -0.25) is 19.5 Å². The van der Waals surface area contributed by atoms with E-state index in [1.807, 2.05) is 0 Å². The Labute approximate surface area is 168 Å². The zero-order valence-electron chi connectivity index (χ0n) is 15.2. The van der Waals surface area contributed by atoms with Gasteiger partial charge in [0.2, 0.25) is 0 Å². The van der Waals surface area contributed by atoms with E-state index in [4.69, 9.17) is 0 Å². The van der Waals surface area contributed by atoms with Crippen molar-refractivity contribution in [3.8, 4) is 0 Å². The number of carboxylic acid groups (broad SMARTS) is 1. The number of Topliss-reactive ketones (excluding diaryl/α,β-unsaturated/α-hetero) is 1. The largest absolute Gasteiger partial charge is 0.503 e. The summed E-state index contributed by atoms with van der Waals surface area (Å²) in [6, 6.07) is 8.66. The van der Waals surface area contributed by atoms with Crippen molar-refractivity contribution in [3.05, 3.63) is 65.2 Å². The van der Waals surface area contributed by atoms with Gasteiger partial charge in [0.25, 0.3) is 5.91 Å². The van der Waals surface area contributed by atoms with Gasteiger partial charge < -0.3 is 10.2 Å². The average Bonchev–Trinajstić information content (AvgIpc) is 3.26. The number of carbonyl (C=O) groups excluding carboxylic acids is 2. The number of rotatable bonds is 5. The van der Waals surface area contributed by atoms with Crippen molar-refractivity contribution < 1.29 is 24.6 Å². The molecule has 4 rings (SSSR count). The summed E-state index contributed by atoms with van der Waals surface area (Å²) < 4.78 is 0.572. The molecule has 2 aromatic heterocycles. The lowest BCUT2D eigenvalue weighted by Gasteiger charge is -2.23. The van der Waals surface area contributed by atoms with Crippen LogP contribution in [0.5, 0.6) is 0 Å². The molecule has 146 valence electrons. The molecule has 1 amide bonds. The molecule has 1 aromatic carbocycles. The van der Waals surface area contributed by atoms with E-state index in [9.17, 15) is 24.6 Å². The minimum absolute atomic E-state index is 0.0123. The molecule has 29 heavy (non-hydrogen) atoms. The molecule has 1 atom stereocenters. The number of fused-ring (bicyclic) bond motifs is 1. The topological polar surface area (TPSA) is 121 Å². The second-order valence-electron chi connectivity index (χ2n) is 6.36. The Morgan fingerprint density at radius 1 is 1.24 bits per heavy atom. The minimum Gasteiger partial charge on any atom is -0.503 e. The Balaban J connectivity index is 1.87. The van der Waals surface area contributed by atoms with E-state index < -0.39 is 23.7 Å². The van der Waals surface area contributed by atoms with Crippen LogP contribution in [0.3, 0.4) is 0 Å². The summed E-state index contributed by atoms with van der Waals surface area (Å²) in [5.41, 5.74) is 1.02. The van der Waals surface area contributed by atoms with Crippen LogP contribution in [0.1, 0.15) is 35.4 Å². The SMILES string of the molecule is CCC(=O)C1=C(O)C(=O)N(c2nc3ccc(C(=O)O)cc3s2)C1c1ccccn1. The van der Waals surface area contributed by atoms with Crippen LogP contribution in [0.15, 0.2) is 53.9 Å². The molecular formula is C20H15N3O5S. The van der Waals surface area contributed by atoms with E-state index in [-0.39, 0.29) is 28.5 Å². The van der Waals surface area contributed by atoms with Crippen LogP contribution < -0.4 is 4.90 Å². The highest BCUT2D eigenvalue weighted by Gasteiger charge is 2.45. The van der Waals surface area contributed by atoms with Crippen LogP contribution in [-0.2, 0) is 9.59 Å². The van der Waals surface area contributed by atoms with Gasteiger partial charge in [-0.2, -0.15) is 0 Å². The molecule has 3 aromatic rings. The van der Waals surface area contributed by atoms with Gasteiger partial charge in [0, 0.05) is 12.6 Å². The predicted octanol–water partition coefficient (Wildman–Crippen LogP) is 3.27. The fourth-order valence-electron chi connectivity index (χ4n) is 3.24. The first kappa shape index (κ1) is 18.8. The first-order chi connectivity index (χ1) is 13.9. The highest BCUT2D eigenvalue weighted by atomic mass is 32.1. The van der Waals surface area contributed by atoms with Crippen LogP contribution in [0.25, 0.3) is 10.2 Å². The molecule has 0 radical (unpaired) electrons. The van der Waals surface area contributed by atoms with E-state index in [2.05, 4.69) is 9.97 Å². The average molecular weight is 409 g/mol. The van der Waals surface area contributed by atoms with Crippen molar-refractivity contribution in [1.29, 1.82) is 0 Å². The summed E-state index contributed by atoms with van der Waals surface area (Å²) in [6.07, 6.45) is 1.66. The number of nitrogens with zero attached hydrogens (tertiary/aromatic N) is 3. The summed E-state index contributed by atoms with van der Waals surface area (Å²) in [4.78, 5) is 46.6. The second-order valence-corrected chi connectivity index (χ2v) is 7.36. The molecular weight excluding hydrogens is 394 g/mol. The summed E-state index contributed by atoms with van der Waals surface area (Å²) in [7, 11) is 0. The molecule has 1 aliphatic rings. The van der Waals surface area contributed by atoms with Gasteiger partial charge in [-0.15, -0.1) is 0 Å². The van der Waals surface area contributed by atoms with Crippen LogP contribution >= 0.6 is 11.3 Å². The molecule has 2 N–H and O–H groups in total. The number of aromatic carboxylic acids is 1. The second kappa shape index (κ2) is 7.10. The van der Waals surface area contributed by atoms with E-state index in [0.717, 1.165) is 11.3 Å². The third-order valence-electron chi connectivity index (χ3n) is 4.63. The number of anilines is 1. The minimum atomic E-state index is -1.07. The lowest BCUT2D eigenvalue weighted by molar-refractivity contribution is -0.118. The molecule has 9 heteroatoms. The molecule has 0 spiro atoms. The van der Waals surface area contributed by atoms with Gasteiger partial charge in [0.1, 0.15) is 6.04 Å². The van der Waals surface area contributed by atoms with Crippen LogP contribution in [0, 0.1) is 0 Å². The first-order valence-corrected chi connectivity index (χ1v) is 9.58. The molecule has 8 nitrogen and oxygen atoms in total. The summed E-state index contributed by atoms with van der Waals surface area (Å²) in [5, 5.41) is 19.9. The molecule has 0 fully saturated rings. The predicted molar refractivity (Wildman–Crippen MR) is 106 cm³/mol. The van der Waals surface area contributed by atoms with Crippen molar-refractivity contribution in [2.75, 3.05) is 4.90 Å². The number of pyridine rings is 1. The highest BCUT2D eigenvalue weighted by molar-refractivity contribution is 7.22. The van der Waals surface area contributed by atoms with Gasteiger partial charge in [0.15, 0.2) is 16.7 Å². The number of amides is 1. The van der Waals surface area contributed by atoms with Crippen molar-refractivity contribution in [3.63, 3.8) is 0 Å². The first-order valence-electron chi connectivity index (χ1n) is 8.77. The number of aliphatic hydroxyl groups is 1. The highest BCUT2D eigenvalue weighted by Crippen LogP contribution is 2.43. The zero-order chi connectivity index (χ0) is 20.7.